The van der Waals surface area contributed by atoms with Gasteiger partial charge in [0.2, 0.25) is 0 Å². The van der Waals surface area contributed by atoms with Crippen molar-refractivity contribution in [2.24, 2.45) is 4.99 Å². The van der Waals surface area contributed by atoms with Crippen molar-refractivity contribution in [3.05, 3.63) is 91.0 Å². The Hall–Kier alpha value is -2.98. The quantitative estimate of drug-likeness (QED) is 0.782. The number of hydrogen-bond acceptors (Lipinski definition) is 4. The summed E-state index contributed by atoms with van der Waals surface area (Å²) in [4.78, 5) is 11.2. The first-order valence-corrected chi connectivity index (χ1v) is 8.24. The first-order chi connectivity index (χ1) is 12.3. The summed E-state index contributed by atoms with van der Waals surface area (Å²) in [6, 6.07) is 21.8. The van der Waals surface area contributed by atoms with Gasteiger partial charge in [0.05, 0.1) is 11.4 Å². The Morgan fingerprint density at radius 3 is 2.52 bits per heavy atom. The van der Waals surface area contributed by atoms with Crippen LogP contribution < -0.4 is 4.90 Å². The number of para-hydroxylation sites is 1. The van der Waals surface area contributed by atoms with E-state index in [-0.39, 0.29) is 0 Å². The molecular formula is C21H18N3O. The molecule has 0 bridgehead atoms. The van der Waals surface area contributed by atoms with Crippen molar-refractivity contribution in [2.45, 2.75) is 12.6 Å². The topological polar surface area (TPSA) is 48.7 Å². The first kappa shape index (κ1) is 15.5. The number of nitrogens with zero attached hydrogens (tertiary/aromatic N) is 3. The van der Waals surface area contributed by atoms with Crippen molar-refractivity contribution < 1.29 is 5.11 Å². The van der Waals surface area contributed by atoms with E-state index in [1.54, 1.807) is 6.20 Å². The van der Waals surface area contributed by atoms with Crippen molar-refractivity contribution >= 4 is 22.9 Å². The third-order valence-corrected chi connectivity index (χ3v) is 4.25. The molecule has 1 atom stereocenters. The maximum atomic E-state index is 10.6. The lowest BCUT2D eigenvalue weighted by Crippen LogP contribution is -2.31. The molecule has 1 aliphatic rings. The van der Waals surface area contributed by atoms with Crippen LogP contribution in [0.1, 0.15) is 17.5 Å². The molecule has 1 aromatic heterocycles. The zero-order chi connectivity index (χ0) is 17.2. The average Bonchev–Trinajstić information content (AvgIpc) is 2.82. The normalized spacial score (nSPS) is 14.2. The van der Waals surface area contributed by atoms with Gasteiger partial charge in [-0.05, 0) is 31.5 Å². The van der Waals surface area contributed by atoms with E-state index < -0.39 is 6.23 Å². The Labute approximate surface area is 147 Å². The predicted molar refractivity (Wildman–Crippen MR) is 101 cm³/mol. The molecule has 4 nitrogen and oxygen atoms in total. The zero-order valence-corrected chi connectivity index (χ0v) is 13.7. The van der Waals surface area contributed by atoms with Crippen LogP contribution >= 0.6 is 0 Å². The number of anilines is 2. The fourth-order valence-electron chi connectivity index (χ4n) is 3.09. The van der Waals surface area contributed by atoms with Gasteiger partial charge >= 0.3 is 0 Å². The van der Waals surface area contributed by atoms with Crippen LogP contribution in [0.25, 0.3) is 0 Å². The van der Waals surface area contributed by atoms with Crippen LogP contribution in [0, 0.1) is 6.92 Å². The zero-order valence-electron chi connectivity index (χ0n) is 13.7. The maximum absolute atomic E-state index is 10.6. The molecule has 0 spiro atoms. The number of aliphatic imine (C=N–C) groups is 1. The highest BCUT2D eigenvalue weighted by Gasteiger charge is 2.28. The summed E-state index contributed by atoms with van der Waals surface area (Å²) in [5.41, 5.74) is 4.45. The van der Waals surface area contributed by atoms with Crippen molar-refractivity contribution in [1.82, 2.24) is 4.98 Å². The van der Waals surface area contributed by atoms with Gasteiger partial charge in [0.15, 0.2) is 5.82 Å². The second-order valence-electron chi connectivity index (χ2n) is 5.83. The molecule has 4 rings (SSSR count). The van der Waals surface area contributed by atoms with Crippen LogP contribution in [0.3, 0.4) is 0 Å². The molecule has 2 heterocycles. The summed E-state index contributed by atoms with van der Waals surface area (Å²) >= 11 is 0. The highest BCUT2D eigenvalue weighted by atomic mass is 16.3. The number of rotatable bonds is 3. The van der Waals surface area contributed by atoms with Crippen molar-refractivity contribution in [2.75, 3.05) is 4.90 Å². The molecule has 1 aliphatic heterocycles. The number of aromatic nitrogens is 1. The summed E-state index contributed by atoms with van der Waals surface area (Å²) in [6.45, 7) is 3.86. The first-order valence-electron chi connectivity index (χ1n) is 8.24. The second-order valence-corrected chi connectivity index (χ2v) is 5.83. The van der Waals surface area contributed by atoms with Gasteiger partial charge in [-0.25, -0.2) is 9.98 Å². The van der Waals surface area contributed by atoms with E-state index in [9.17, 15) is 5.11 Å². The highest BCUT2D eigenvalue weighted by Crippen LogP contribution is 2.40. The number of pyridine rings is 1. The minimum atomic E-state index is -0.778. The average molecular weight is 328 g/mol. The molecule has 0 amide bonds. The minimum Gasteiger partial charge on any atom is -0.373 e. The van der Waals surface area contributed by atoms with Gasteiger partial charge < -0.3 is 5.11 Å². The number of aliphatic hydroxyl groups is 1. The van der Waals surface area contributed by atoms with Crippen molar-refractivity contribution in [1.29, 1.82) is 0 Å². The summed E-state index contributed by atoms with van der Waals surface area (Å²) in [5, 5.41) is 10.6. The minimum absolute atomic E-state index is 0.338. The molecule has 3 aromatic rings. The number of benzene rings is 2. The number of hydrogen-bond donors (Lipinski definition) is 1. The molecule has 2 aromatic carbocycles. The maximum Gasteiger partial charge on any atom is 0.161 e. The fraction of sp³-hybridized carbons (Fsp3) is 0.0952. The van der Waals surface area contributed by atoms with Crippen LogP contribution in [-0.2, 0) is 0 Å². The van der Waals surface area contributed by atoms with Crippen LogP contribution in [0.5, 0.6) is 0 Å². The predicted octanol–water partition coefficient (Wildman–Crippen LogP) is 4.24. The molecule has 1 N–H and O–H groups in total. The van der Waals surface area contributed by atoms with E-state index in [2.05, 4.69) is 11.9 Å². The Kier molecular flexibility index (Phi) is 4.04. The molecule has 123 valence electrons. The summed E-state index contributed by atoms with van der Waals surface area (Å²) < 4.78 is 0. The van der Waals surface area contributed by atoms with Gasteiger partial charge in [-0.1, -0.05) is 48.5 Å². The van der Waals surface area contributed by atoms with Gasteiger partial charge in [0.1, 0.15) is 11.9 Å². The molecule has 4 heteroatoms. The molecule has 0 aliphatic carbocycles. The molecular weight excluding hydrogens is 310 g/mol. The van der Waals surface area contributed by atoms with E-state index >= 15 is 0 Å². The molecule has 0 fully saturated rings. The van der Waals surface area contributed by atoms with E-state index in [0.717, 1.165) is 28.2 Å². The van der Waals surface area contributed by atoms with Crippen LogP contribution in [0.2, 0.25) is 0 Å². The second kappa shape index (κ2) is 6.49. The van der Waals surface area contributed by atoms with Gasteiger partial charge in [0.25, 0.3) is 0 Å². The van der Waals surface area contributed by atoms with E-state index in [1.165, 1.54) is 0 Å². The Morgan fingerprint density at radius 2 is 1.72 bits per heavy atom. The smallest absolute Gasteiger partial charge is 0.161 e. The number of aliphatic hydroxyl groups excluding tert-OH is 1. The molecule has 0 saturated heterocycles. The summed E-state index contributed by atoms with van der Waals surface area (Å²) in [6.07, 6.45) is 1.28. The molecule has 1 unspecified atom stereocenters. The van der Waals surface area contributed by atoms with Gasteiger partial charge in [-0.15, -0.1) is 0 Å². The van der Waals surface area contributed by atoms with Gasteiger partial charge in [-0.3, -0.25) is 4.90 Å². The number of fused-ring (bicyclic) bond motifs is 2. The summed E-state index contributed by atoms with van der Waals surface area (Å²) in [7, 11) is 0. The van der Waals surface area contributed by atoms with Crippen molar-refractivity contribution in [3.8, 4) is 0 Å². The van der Waals surface area contributed by atoms with Crippen LogP contribution in [0.4, 0.5) is 17.2 Å². The van der Waals surface area contributed by atoms with Gasteiger partial charge in [0, 0.05) is 17.3 Å². The Morgan fingerprint density at radius 1 is 0.960 bits per heavy atom. The largest absolute Gasteiger partial charge is 0.373 e. The highest BCUT2D eigenvalue weighted by molar-refractivity contribution is 6.18. The molecule has 25 heavy (non-hydrogen) atoms. The lowest BCUT2D eigenvalue weighted by molar-refractivity contribution is 0.183. The fourth-order valence-corrected chi connectivity index (χ4v) is 3.09. The Bertz CT molecular complexity index is 921. The van der Waals surface area contributed by atoms with E-state index in [4.69, 9.17) is 4.99 Å². The molecule has 0 saturated carbocycles. The summed E-state index contributed by atoms with van der Waals surface area (Å²) in [5.74, 6) is 0.636. The van der Waals surface area contributed by atoms with E-state index in [0.29, 0.717) is 12.2 Å². The monoisotopic (exact) mass is 328 g/mol. The third kappa shape index (κ3) is 2.71. The molecule has 1 radical (unpaired) electrons. The van der Waals surface area contributed by atoms with Crippen molar-refractivity contribution in [3.63, 3.8) is 0 Å². The third-order valence-electron chi connectivity index (χ3n) is 4.25. The Balaban J connectivity index is 2.03. The van der Waals surface area contributed by atoms with Crippen LogP contribution in [0.15, 0.2) is 77.9 Å². The SMILES string of the molecule is [CH2]CC(O)N1c2ccccc2C(c2ccccc2)=Nc2cccnc21. The lowest BCUT2D eigenvalue weighted by Gasteiger charge is -2.29. The van der Waals surface area contributed by atoms with Gasteiger partial charge in [-0.2, -0.15) is 0 Å². The van der Waals surface area contributed by atoms with E-state index in [1.807, 2.05) is 71.6 Å². The lowest BCUT2D eigenvalue weighted by atomic mass is 10.00. The standard InChI is InChI=1S/C21H18N3O/c1-2-19(25)24-18-13-7-6-11-16(18)20(15-9-4-3-5-10-15)23-17-12-8-14-22-21(17)24/h3-14,19,25H,1-2H2. The van der Waals surface area contributed by atoms with Crippen LogP contribution in [-0.4, -0.2) is 22.0 Å².